The van der Waals surface area contributed by atoms with Crippen LogP contribution in [-0.4, -0.2) is 0 Å². The molecular formula is C43H33N3S. The molecule has 9 rings (SSSR count). The van der Waals surface area contributed by atoms with Crippen molar-refractivity contribution in [2.45, 2.75) is 22.5 Å². The van der Waals surface area contributed by atoms with E-state index in [1.807, 2.05) is 11.8 Å². The van der Waals surface area contributed by atoms with Crippen LogP contribution in [0.15, 0.2) is 169 Å². The Morgan fingerprint density at radius 2 is 1.17 bits per heavy atom. The molecule has 0 amide bonds. The van der Waals surface area contributed by atoms with Crippen LogP contribution in [0.3, 0.4) is 0 Å². The van der Waals surface area contributed by atoms with E-state index >= 15 is 0 Å². The second-order valence-electron chi connectivity index (χ2n) is 12.3. The van der Waals surface area contributed by atoms with Crippen molar-refractivity contribution >= 4 is 44.7 Å². The van der Waals surface area contributed by atoms with Crippen molar-refractivity contribution in [3.63, 3.8) is 0 Å². The van der Waals surface area contributed by atoms with Gasteiger partial charge in [-0.05, 0) is 73.8 Å². The fraction of sp³-hybridized carbons (Fsp3) is 0.0698. The average molecular weight is 624 g/mol. The summed E-state index contributed by atoms with van der Waals surface area (Å²) in [6.07, 6.45) is 2.25. The van der Waals surface area contributed by atoms with Crippen molar-refractivity contribution in [1.82, 2.24) is 10.6 Å². The van der Waals surface area contributed by atoms with Gasteiger partial charge in [0.1, 0.15) is 11.5 Å². The first-order chi connectivity index (χ1) is 23.3. The third-order valence-corrected chi connectivity index (χ3v) is 10.6. The van der Waals surface area contributed by atoms with Gasteiger partial charge in [-0.25, -0.2) is 0 Å². The summed E-state index contributed by atoms with van der Waals surface area (Å²) in [5.74, 6) is 0. The van der Waals surface area contributed by atoms with Gasteiger partial charge >= 0.3 is 0 Å². The lowest BCUT2D eigenvalue weighted by Gasteiger charge is -2.33. The molecule has 3 N–H and O–H groups in total. The van der Waals surface area contributed by atoms with Gasteiger partial charge in [0.2, 0.25) is 0 Å². The Morgan fingerprint density at radius 3 is 1.98 bits per heavy atom. The lowest BCUT2D eigenvalue weighted by Crippen LogP contribution is -2.39. The van der Waals surface area contributed by atoms with Gasteiger partial charge in [-0.15, -0.1) is 0 Å². The maximum atomic E-state index is 3.93. The highest BCUT2D eigenvalue weighted by Crippen LogP contribution is 2.50. The van der Waals surface area contributed by atoms with Crippen LogP contribution in [0.25, 0.3) is 38.4 Å². The van der Waals surface area contributed by atoms with Gasteiger partial charge in [-0.2, -0.15) is 0 Å². The molecule has 0 fully saturated rings. The molecule has 0 radical (unpaired) electrons. The predicted molar refractivity (Wildman–Crippen MR) is 198 cm³/mol. The Balaban J connectivity index is 1.09. The summed E-state index contributed by atoms with van der Waals surface area (Å²) < 4.78 is 0. The number of thioether (sulfide) groups is 1. The number of nitrogens with one attached hydrogen (secondary N) is 3. The lowest BCUT2D eigenvalue weighted by molar-refractivity contribution is 0.443. The molecule has 2 aliphatic rings. The Morgan fingerprint density at radius 1 is 0.489 bits per heavy atom. The van der Waals surface area contributed by atoms with Gasteiger partial charge < -0.3 is 10.6 Å². The molecule has 0 aromatic heterocycles. The highest BCUT2D eigenvalue weighted by molar-refractivity contribution is 8.00. The lowest BCUT2D eigenvalue weighted by atomic mass is 9.94. The minimum Gasteiger partial charge on any atom is -0.368 e. The highest BCUT2D eigenvalue weighted by Gasteiger charge is 2.27. The maximum Gasteiger partial charge on any atom is 0.104 e. The van der Waals surface area contributed by atoms with Crippen molar-refractivity contribution in [3.05, 3.63) is 186 Å². The number of fused-ring (bicyclic) bond motifs is 5. The highest BCUT2D eigenvalue weighted by atomic mass is 32.2. The second-order valence-corrected chi connectivity index (χ2v) is 13.4. The van der Waals surface area contributed by atoms with E-state index in [4.69, 9.17) is 0 Å². The van der Waals surface area contributed by atoms with Crippen LogP contribution >= 0.6 is 11.8 Å². The molecule has 3 atom stereocenters. The van der Waals surface area contributed by atoms with E-state index in [1.54, 1.807) is 0 Å². The number of hydrogen-bond donors (Lipinski definition) is 3. The van der Waals surface area contributed by atoms with Crippen LogP contribution in [0, 0.1) is 0 Å². The first-order valence-corrected chi connectivity index (χ1v) is 17.1. The molecule has 0 bridgehead atoms. The van der Waals surface area contributed by atoms with E-state index in [1.165, 1.54) is 65.5 Å². The Kier molecular flexibility index (Phi) is 7.03. The van der Waals surface area contributed by atoms with Gasteiger partial charge in [0.15, 0.2) is 0 Å². The van der Waals surface area contributed by atoms with Crippen LogP contribution in [0.5, 0.6) is 0 Å². The predicted octanol–water partition coefficient (Wildman–Crippen LogP) is 10.9. The summed E-state index contributed by atoms with van der Waals surface area (Å²) in [5, 5.41) is 16.9. The molecule has 3 nitrogen and oxygen atoms in total. The zero-order valence-electron chi connectivity index (χ0n) is 25.7. The molecule has 226 valence electrons. The second kappa shape index (κ2) is 11.8. The molecular weight excluding hydrogens is 591 g/mol. The van der Waals surface area contributed by atoms with Gasteiger partial charge in [0.25, 0.3) is 0 Å². The third-order valence-electron chi connectivity index (χ3n) is 9.36. The van der Waals surface area contributed by atoms with Crippen LogP contribution in [-0.2, 0) is 0 Å². The normalized spacial score (nSPS) is 18.7. The molecule has 0 spiro atoms. The van der Waals surface area contributed by atoms with Gasteiger partial charge in [-0.1, -0.05) is 151 Å². The Bertz CT molecular complexity index is 2260. The maximum absolute atomic E-state index is 3.93. The van der Waals surface area contributed by atoms with E-state index in [-0.39, 0.29) is 17.6 Å². The summed E-state index contributed by atoms with van der Waals surface area (Å²) in [6.45, 7) is 0. The molecule has 47 heavy (non-hydrogen) atoms. The van der Waals surface area contributed by atoms with E-state index in [0.717, 1.165) is 5.70 Å². The van der Waals surface area contributed by atoms with Crippen LogP contribution in [0.2, 0.25) is 0 Å². The summed E-state index contributed by atoms with van der Waals surface area (Å²) >= 11 is 1.90. The van der Waals surface area contributed by atoms with Crippen molar-refractivity contribution in [2.75, 3.05) is 5.32 Å². The topological polar surface area (TPSA) is 36.1 Å². The average Bonchev–Trinajstić information content (AvgIpc) is 3.60. The molecule has 4 heteroatoms. The SMILES string of the molecule is C1=C(c2ccccc2)NC(c2ccc3c(ccc4ccc5c(c43)NC(c3ccccc3)S5)c2)NC1c1cccc(-c2ccccc2)c1. The van der Waals surface area contributed by atoms with Crippen molar-refractivity contribution < 1.29 is 0 Å². The first-order valence-electron chi connectivity index (χ1n) is 16.2. The van der Waals surface area contributed by atoms with Gasteiger partial charge in [0, 0.05) is 16.0 Å². The van der Waals surface area contributed by atoms with E-state index < -0.39 is 0 Å². The largest absolute Gasteiger partial charge is 0.368 e. The summed E-state index contributed by atoms with van der Waals surface area (Å²) in [7, 11) is 0. The molecule has 2 heterocycles. The summed E-state index contributed by atoms with van der Waals surface area (Å²) in [5.41, 5.74) is 9.75. The molecule has 0 saturated heterocycles. The van der Waals surface area contributed by atoms with Crippen LogP contribution in [0.4, 0.5) is 5.69 Å². The van der Waals surface area contributed by atoms with Crippen molar-refractivity contribution in [2.24, 2.45) is 0 Å². The zero-order chi connectivity index (χ0) is 31.2. The Labute approximate surface area is 279 Å². The fourth-order valence-electron chi connectivity index (χ4n) is 6.99. The molecule has 7 aromatic rings. The molecule has 7 aromatic carbocycles. The minimum atomic E-state index is -0.0710. The number of anilines is 1. The molecule has 0 aliphatic carbocycles. The zero-order valence-corrected chi connectivity index (χ0v) is 26.5. The quantitative estimate of drug-likeness (QED) is 0.167. The van der Waals surface area contributed by atoms with Crippen molar-refractivity contribution in [1.29, 1.82) is 0 Å². The number of rotatable bonds is 5. The Hall–Kier alpha value is -5.29. The van der Waals surface area contributed by atoms with Crippen molar-refractivity contribution in [3.8, 4) is 11.1 Å². The van der Waals surface area contributed by atoms with E-state index in [0.29, 0.717) is 0 Å². The molecule has 0 saturated carbocycles. The standard InChI is InChI=1S/C43H33N3S/c1-4-11-28(12-5-1)32-17-10-18-34(25-32)38-27-37(29-13-6-2-7-14-29)44-42(45-38)35-21-23-36-33(26-35)20-19-30-22-24-39-41(40(30)36)46-43(47-39)31-15-8-3-9-16-31/h1-27,38,42-46H. The third kappa shape index (κ3) is 5.26. The first kappa shape index (κ1) is 28.0. The minimum absolute atomic E-state index is 0.0341. The number of hydrogen-bond acceptors (Lipinski definition) is 4. The van der Waals surface area contributed by atoms with E-state index in [2.05, 4.69) is 180 Å². The smallest absolute Gasteiger partial charge is 0.104 e. The number of benzene rings is 7. The van der Waals surface area contributed by atoms with Gasteiger partial charge in [0.05, 0.1) is 11.7 Å². The summed E-state index contributed by atoms with van der Waals surface area (Å²) in [6, 6.07) is 56.9. The van der Waals surface area contributed by atoms with Crippen LogP contribution < -0.4 is 16.0 Å². The molecule has 3 unspecified atom stereocenters. The molecule has 2 aliphatic heterocycles. The van der Waals surface area contributed by atoms with E-state index in [9.17, 15) is 0 Å². The fourth-order valence-corrected chi connectivity index (χ4v) is 8.14. The van der Waals surface area contributed by atoms with Crippen LogP contribution in [0.1, 0.15) is 39.8 Å². The van der Waals surface area contributed by atoms with Gasteiger partial charge in [-0.3, -0.25) is 5.32 Å². The summed E-state index contributed by atoms with van der Waals surface area (Å²) in [4.78, 5) is 1.30. The monoisotopic (exact) mass is 623 g/mol.